The molecule has 210 valence electrons. The third-order valence-electron chi connectivity index (χ3n) is 8.04. The molecule has 0 bridgehead atoms. The summed E-state index contributed by atoms with van der Waals surface area (Å²) in [5, 5.41) is 14.4. The molecule has 2 aliphatic heterocycles. The van der Waals surface area contributed by atoms with Gasteiger partial charge in [-0.1, -0.05) is 17.7 Å². The number of hydrogen-bond donors (Lipinski definition) is 1. The zero-order valence-corrected chi connectivity index (χ0v) is 22.9. The van der Waals surface area contributed by atoms with Crippen LogP contribution in [0.15, 0.2) is 18.2 Å². The summed E-state index contributed by atoms with van der Waals surface area (Å²) >= 11 is 6.29. The maximum absolute atomic E-state index is 14.4. The highest BCUT2D eigenvalue weighted by Gasteiger charge is 2.34. The van der Waals surface area contributed by atoms with Crippen LogP contribution in [0.3, 0.4) is 0 Å². The van der Waals surface area contributed by atoms with E-state index < -0.39 is 12.8 Å². The first-order valence-corrected chi connectivity index (χ1v) is 13.8. The predicted molar refractivity (Wildman–Crippen MR) is 144 cm³/mol. The Balaban J connectivity index is 1.26. The van der Waals surface area contributed by atoms with Gasteiger partial charge in [-0.2, -0.15) is 5.10 Å². The van der Waals surface area contributed by atoms with Gasteiger partial charge in [-0.05, 0) is 37.5 Å². The summed E-state index contributed by atoms with van der Waals surface area (Å²) in [4.78, 5) is 45.6. The monoisotopic (exact) mass is 560 g/mol. The van der Waals surface area contributed by atoms with E-state index in [9.17, 15) is 18.8 Å². The zero-order chi connectivity index (χ0) is 27.7. The number of aliphatic hydroxyl groups is 1. The number of benzene rings is 1. The van der Waals surface area contributed by atoms with Gasteiger partial charge in [0.2, 0.25) is 11.8 Å². The summed E-state index contributed by atoms with van der Waals surface area (Å²) < 4.78 is 16.0. The molecule has 1 aromatic carbocycles. The topological polar surface area (TPSA) is 102 Å². The Labute approximate surface area is 231 Å². The molecule has 5 rings (SSSR count). The quantitative estimate of drug-likeness (QED) is 0.591. The summed E-state index contributed by atoms with van der Waals surface area (Å²) in [5.74, 6) is -0.764. The molecule has 3 aliphatic rings. The molecule has 2 saturated heterocycles. The Morgan fingerprint density at radius 2 is 1.64 bits per heavy atom. The predicted octanol–water partition coefficient (Wildman–Crippen LogP) is 1.30. The Hall–Kier alpha value is -3.18. The summed E-state index contributed by atoms with van der Waals surface area (Å²) in [6.45, 7) is 5.16. The highest BCUT2D eigenvalue weighted by atomic mass is 35.5. The second-order valence-electron chi connectivity index (χ2n) is 10.4. The van der Waals surface area contributed by atoms with E-state index in [1.54, 1.807) is 9.58 Å². The van der Waals surface area contributed by atoms with Gasteiger partial charge in [0.1, 0.15) is 19.3 Å². The number of halogens is 2. The fourth-order valence-corrected chi connectivity index (χ4v) is 5.89. The number of anilines is 1. The van der Waals surface area contributed by atoms with Crippen molar-refractivity contribution in [3.8, 4) is 0 Å². The first-order chi connectivity index (χ1) is 18.8. The first-order valence-electron chi connectivity index (χ1n) is 13.4. The smallest absolute Gasteiger partial charge is 0.274 e. The van der Waals surface area contributed by atoms with Crippen molar-refractivity contribution in [3.63, 3.8) is 0 Å². The summed E-state index contributed by atoms with van der Waals surface area (Å²) in [5.41, 5.74) is 3.63. The van der Waals surface area contributed by atoms with Crippen molar-refractivity contribution in [1.82, 2.24) is 24.5 Å². The molecule has 3 amide bonds. The molecule has 39 heavy (non-hydrogen) atoms. The molecular weight excluding hydrogens is 527 g/mol. The molecule has 12 heteroatoms. The highest BCUT2D eigenvalue weighted by molar-refractivity contribution is 6.31. The van der Waals surface area contributed by atoms with Crippen LogP contribution in [-0.4, -0.2) is 112 Å². The molecular formula is C27H34ClFN6O4. The molecule has 10 nitrogen and oxygen atoms in total. The van der Waals surface area contributed by atoms with E-state index in [1.807, 2.05) is 30.0 Å². The van der Waals surface area contributed by atoms with E-state index >= 15 is 0 Å². The number of carbonyl (C=O) groups is 3. The molecule has 1 aliphatic carbocycles. The maximum Gasteiger partial charge on any atom is 0.274 e. The highest BCUT2D eigenvalue weighted by Crippen LogP contribution is 2.29. The van der Waals surface area contributed by atoms with Gasteiger partial charge < -0.3 is 24.7 Å². The van der Waals surface area contributed by atoms with Crippen molar-refractivity contribution in [2.45, 2.75) is 38.9 Å². The number of hydrogen-bond acceptors (Lipinski definition) is 6. The lowest BCUT2D eigenvalue weighted by Gasteiger charge is -2.37. The largest absolute Gasteiger partial charge is 0.387 e. The second-order valence-corrected chi connectivity index (χ2v) is 10.8. The standard InChI is InChI=1S/C27H34ClFN6O4/c1-18-21(28)3-2-4-22(18)31-7-9-32(10-8-31)24(37)16-35-23-6-5-19(29)15-20(23)26(30-35)27(39)34-13-11-33(12-14-34)25(38)17-36/h2-4,19,36H,5-17H2,1H3. The van der Waals surface area contributed by atoms with Gasteiger partial charge in [0.05, 0.1) is 0 Å². The number of aliphatic hydroxyl groups excluding tert-OH is 1. The van der Waals surface area contributed by atoms with Gasteiger partial charge in [-0.15, -0.1) is 0 Å². The van der Waals surface area contributed by atoms with E-state index in [0.29, 0.717) is 70.8 Å². The van der Waals surface area contributed by atoms with E-state index in [4.69, 9.17) is 16.7 Å². The Bertz CT molecular complexity index is 1250. The van der Waals surface area contributed by atoms with Crippen LogP contribution in [0, 0.1) is 6.92 Å². The first kappa shape index (κ1) is 27.4. The van der Waals surface area contributed by atoms with E-state index in [-0.39, 0.29) is 36.4 Å². The summed E-state index contributed by atoms with van der Waals surface area (Å²) in [6.07, 6.45) is -0.199. The number of fused-ring (bicyclic) bond motifs is 1. The fraction of sp³-hybridized carbons (Fsp3) is 0.556. The van der Waals surface area contributed by atoms with E-state index in [0.717, 1.165) is 22.0 Å². The Kier molecular flexibility index (Phi) is 8.08. The van der Waals surface area contributed by atoms with Gasteiger partial charge >= 0.3 is 0 Å². The number of alkyl halides is 1. The van der Waals surface area contributed by atoms with Crippen LogP contribution < -0.4 is 4.90 Å². The minimum Gasteiger partial charge on any atom is -0.387 e. The van der Waals surface area contributed by atoms with Crippen molar-refractivity contribution >= 4 is 35.0 Å². The fourth-order valence-electron chi connectivity index (χ4n) is 5.72. The average Bonchev–Trinajstić information content (AvgIpc) is 3.30. The van der Waals surface area contributed by atoms with Crippen LogP contribution >= 0.6 is 11.6 Å². The van der Waals surface area contributed by atoms with Crippen LogP contribution in [0.25, 0.3) is 0 Å². The van der Waals surface area contributed by atoms with Crippen molar-refractivity contribution in [2.75, 3.05) is 63.9 Å². The minimum absolute atomic E-state index is 0.00153. The van der Waals surface area contributed by atoms with E-state index in [1.165, 1.54) is 4.90 Å². The molecule has 1 aromatic heterocycles. The van der Waals surface area contributed by atoms with Crippen molar-refractivity contribution in [2.24, 2.45) is 0 Å². The molecule has 2 fully saturated rings. The maximum atomic E-state index is 14.4. The van der Waals surface area contributed by atoms with E-state index in [2.05, 4.69) is 10.00 Å². The van der Waals surface area contributed by atoms with Gasteiger partial charge in [0.25, 0.3) is 5.91 Å². The molecule has 2 aromatic rings. The molecule has 1 unspecified atom stereocenters. The van der Waals surface area contributed by atoms with Gasteiger partial charge in [-0.3, -0.25) is 19.1 Å². The van der Waals surface area contributed by atoms with Crippen LogP contribution in [0.4, 0.5) is 10.1 Å². The van der Waals surface area contributed by atoms with Crippen molar-refractivity contribution < 1.29 is 23.9 Å². The number of nitrogens with zero attached hydrogens (tertiary/aromatic N) is 6. The number of aromatic nitrogens is 2. The van der Waals surface area contributed by atoms with Crippen LogP contribution in [0.5, 0.6) is 0 Å². The van der Waals surface area contributed by atoms with Crippen molar-refractivity contribution in [3.05, 3.63) is 45.7 Å². The molecule has 1 N–H and O–H groups in total. The van der Waals surface area contributed by atoms with Gasteiger partial charge in [0.15, 0.2) is 5.69 Å². The SMILES string of the molecule is Cc1c(Cl)cccc1N1CCN(C(=O)Cn2nc(C(=O)N3CCN(C(=O)CO)CC3)c3c2CCC(F)C3)CC1. The lowest BCUT2D eigenvalue weighted by atomic mass is 9.93. The second kappa shape index (κ2) is 11.5. The van der Waals surface area contributed by atoms with Crippen molar-refractivity contribution in [1.29, 1.82) is 0 Å². The van der Waals surface area contributed by atoms with Gasteiger partial charge in [0, 0.05) is 80.7 Å². The summed E-state index contributed by atoms with van der Waals surface area (Å²) in [6, 6.07) is 5.83. The van der Waals surface area contributed by atoms with Gasteiger partial charge in [-0.25, -0.2) is 4.39 Å². The lowest BCUT2D eigenvalue weighted by Crippen LogP contribution is -2.51. The Morgan fingerprint density at radius 1 is 1.00 bits per heavy atom. The number of rotatable bonds is 5. The van der Waals surface area contributed by atoms with Crippen LogP contribution in [0.2, 0.25) is 5.02 Å². The molecule has 3 heterocycles. The third kappa shape index (κ3) is 5.60. The molecule has 0 saturated carbocycles. The summed E-state index contributed by atoms with van der Waals surface area (Å²) in [7, 11) is 0. The van der Waals surface area contributed by atoms with Crippen LogP contribution in [0.1, 0.15) is 33.7 Å². The average molecular weight is 561 g/mol. The number of carbonyl (C=O) groups excluding carboxylic acids is 3. The Morgan fingerprint density at radius 3 is 2.33 bits per heavy atom. The lowest BCUT2D eigenvalue weighted by molar-refractivity contribution is -0.135. The molecule has 0 spiro atoms. The normalized spacial score (nSPS) is 19.7. The van der Waals surface area contributed by atoms with Crippen LogP contribution in [-0.2, 0) is 29.0 Å². The minimum atomic E-state index is -1.06. The number of amides is 3. The zero-order valence-electron chi connectivity index (χ0n) is 22.1. The third-order valence-corrected chi connectivity index (χ3v) is 8.45. The number of piperazine rings is 2. The molecule has 1 atom stereocenters. The molecule has 0 radical (unpaired) electrons.